The monoisotopic (exact) mass is 712 g/mol. The van der Waals surface area contributed by atoms with Crippen molar-refractivity contribution in [3.05, 3.63) is 194 Å². The van der Waals surface area contributed by atoms with Crippen LogP contribution in [0.4, 0.5) is 0 Å². The van der Waals surface area contributed by atoms with E-state index in [-0.39, 0.29) is 0 Å². The molecular formula is C52H32N4. The minimum Gasteiger partial charge on any atom is -0.263 e. The molecule has 0 saturated carbocycles. The summed E-state index contributed by atoms with van der Waals surface area (Å²) < 4.78 is 0. The summed E-state index contributed by atoms with van der Waals surface area (Å²) in [5, 5.41) is 12.1. The summed E-state index contributed by atoms with van der Waals surface area (Å²) in [6.07, 6.45) is 3.90. The molecule has 0 unspecified atom stereocenters. The van der Waals surface area contributed by atoms with Gasteiger partial charge in [-0.15, -0.1) is 0 Å². The smallest absolute Gasteiger partial charge is 0.164 e. The van der Waals surface area contributed by atoms with E-state index in [2.05, 4.69) is 121 Å². The van der Waals surface area contributed by atoms with Gasteiger partial charge < -0.3 is 0 Å². The third-order valence-electron chi connectivity index (χ3n) is 10.9. The number of benzene rings is 9. The lowest BCUT2D eigenvalue weighted by molar-refractivity contribution is 1.07. The lowest BCUT2D eigenvalue weighted by Crippen LogP contribution is -2.00. The van der Waals surface area contributed by atoms with E-state index < -0.39 is 0 Å². The second-order valence-electron chi connectivity index (χ2n) is 14.2. The van der Waals surface area contributed by atoms with Gasteiger partial charge in [-0.2, -0.15) is 0 Å². The largest absolute Gasteiger partial charge is 0.263 e. The Labute approximate surface area is 323 Å². The van der Waals surface area contributed by atoms with Crippen LogP contribution < -0.4 is 0 Å². The molecule has 11 aromatic rings. The zero-order valence-electron chi connectivity index (χ0n) is 30.3. The Kier molecular flexibility index (Phi) is 7.46. The van der Waals surface area contributed by atoms with Crippen LogP contribution in [0.15, 0.2) is 194 Å². The van der Waals surface area contributed by atoms with Gasteiger partial charge in [0.1, 0.15) is 0 Å². The summed E-state index contributed by atoms with van der Waals surface area (Å²) >= 11 is 0. The van der Waals surface area contributed by atoms with Crippen molar-refractivity contribution in [1.82, 2.24) is 19.9 Å². The highest BCUT2D eigenvalue weighted by Gasteiger charge is 2.19. The molecule has 260 valence electrons. The second kappa shape index (κ2) is 13.1. The van der Waals surface area contributed by atoms with Crippen molar-refractivity contribution >= 4 is 53.9 Å². The van der Waals surface area contributed by atoms with Crippen LogP contribution in [0.2, 0.25) is 0 Å². The number of hydrogen-bond acceptors (Lipinski definition) is 4. The average Bonchev–Trinajstić information content (AvgIpc) is 3.28. The number of nitrogens with zero attached hydrogens (tertiary/aromatic N) is 4. The molecule has 0 bridgehead atoms. The minimum absolute atomic E-state index is 0.607. The molecular weight excluding hydrogens is 681 g/mol. The third-order valence-corrected chi connectivity index (χ3v) is 10.9. The average molecular weight is 713 g/mol. The van der Waals surface area contributed by atoms with Gasteiger partial charge in [-0.1, -0.05) is 158 Å². The Hall–Kier alpha value is -7.56. The zero-order valence-corrected chi connectivity index (χ0v) is 30.3. The molecule has 0 aliphatic carbocycles. The number of rotatable bonds is 5. The van der Waals surface area contributed by atoms with Crippen molar-refractivity contribution in [2.45, 2.75) is 0 Å². The molecule has 11 rings (SSSR count). The molecule has 0 N–H and O–H groups in total. The molecule has 0 fully saturated rings. The molecule has 0 spiro atoms. The Morgan fingerprint density at radius 2 is 0.696 bits per heavy atom. The van der Waals surface area contributed by atoms with E-state index in [1.807, 2.05) is 73.1 Å². The van der Waals surface area contributed by atoms with Crippen LogP contribution in [0.25, 0.3) is 110 Å². The van der Waals surface area contributed by atoms with Crippen molar-refractivity contribution in [1.29, 1.82) is 0 Å². The van der Waals surface area contributed by atoms with Gasteiger partial charge in [0, 0.05) is 40.0 Å². The highest BCUT2D eigenvalue weighted by atomic mass is 15.0. The first-order valence-electron chi connectivity index (χ1n) is 18.9. The van der Waals surface area contributed by atoms with E-state index >= 15 is 0 Å². The summed E-state index contributed by atoms with van der Waals surface area (Å²) in [6, 6.07) is 64.3. The summed E-state index contributed by atoms with van der Waals surface area (Å²) in [4.78, 5) is 20.1. The van der Waals surface area contributed by atoms with Crippen molar-refractivity contribution in [3.8, 4) is 56.4 Å². The number of fused-ring (bicyclic) bond motifs is 9. The first-order valence-corrected chi connectivity index (χ1v) is 18.9. The Morgan fingerprint density at radius 1 is 0.268 bits per heavy atom. The van der Waals surface area contributed by atoms with E-state index in [0.717, 1.165) is 49.7 Å². The molecule has 0 amide bonds. The molecule has 0 aliphatic rings. The summed E-state index contributed by atoms with van der Waals surface area (Å²) in [7, 11) is 0. The molecule has 0 aliphatic heterocycles. The van der Waals surface area contributed by atoms with Crippen LogP contribution >= 0.6 is 0 Å². The van der Waals surface area contributed by atoms with Crippen LogP contribution in [0, 0.1) is 0 Å². The fourth-order valence-corrected chi connectivity index (χ4v) is 8.36. The molecule has 0 saturated heterocycles. The van der Waals surface area contributed by atoms with Gasteiger partial charge in [-0.05, 0) is 89.4 Å². The van der Waals surface area contributed by atoms with Gasteiger partial charge in [0.05, 0.1) is 0 Å². The zero-order chi connectivity index (χ0) is 37.0. The van der Waals surface area contributed by atoms with Crippen molar-refractivity contribution in [2.24, 2.45) is 0 Å². The minimum atomic E-state index is 0.607. The first kappa shape index (κ1) is 31.9. The van der Waals surface area contributed by atoms with Gasteiger partial charge in [-0.3, -0.25) is 4.98 Å². The molecule has 56 heavy (non-hydrogen) atoms. The molecule has 2 aromatic heterocycles. The van der Waals surface area contributed by atoms with Crippen molar-refractivity contribution in [3.63, 3.8) is 0 Å². The van der Waals surface area contributed by atoms with E-state index in [4.69, 9.17) is 19.9 Å². The quantitative estimate of drug-likeness (QED) is 0.167. The van der Waals surface area contributed by atoms with Crippen LogP contribution in [0.3, 0.4) is 0 Å². The Balaban J connectivity index is 1.24. The van der Waals surface area contributed by atoms with Gasteiger partial charge in [-0.25, -0.2) is 15.0 Å². The summed E-state index contributed by atoms with van der Waals surface area (Å²) in [5.41, 5.74) is 7.07. The van der Waals surface area contributed by atoms with Crippen molar-refractivity contribution in [2.75, 3.05) is 0 Å². The predicted molar refractivity (Wildman–Crippen MR) is 232 cm³/mol. The molecule has 0 radical (unpaired) electrons. The predicted octanol–water partition coefficient (Wildman–Crippen LogP) is 13.4. The molecule has 4 heteroatoms. The van der Waals surface area contributed by atoms with Gasteiger partial charge in [0.25, 0.3) is 0 Å². The standard InChI is InChI=1S/C52H32N4/c1-3-15-33(16-4-1)50-54-51(34-17-5-2-6-18-34)56-52(55-50)38-28-36(27-37(29-38)48-32-53-31-35-19-7-8-20-39(35)48)46-30-47-42-23-10-9-21-40(42)41-22-11-13-25-44(41)49(47)45-26-14-12-24-43(45)46/h1-32H. The normalized spacial score (nSPS) is 11.6. The molecule has 0 atom stereocenters. The SMILES string of the molecule is c1ccc(-c2nc(-c3ccccc3)nc(-c3cc(-c4cncc5ccccc45)cc(-c4cc5c6ccccc6c6ccccc6c5c5ccccc45)c3)n2)cc1. The lowest BCUT2D eigenvalue weighted by Gasteiger charge is -2.18. The topological polar surface area (TPSA) is 51.6 Å². The maximum Gasteiger partial charge on any atom is 0.164 e. The summed E-state index contributed by atoms with van der Waals surface area (Å²) in [6.45, 7) is 0. The fraction of sp³-hybridized carbons (Fsp3) is 0. The lowest BCUT2D eigenvalue weighted by atomic mass is 9.86. The van der Waals surface area contributed by atoms with Crippen LogP contribution in [-0.4, -0.2) is 19.9 Å². The second-order valence-corrected chi connectivity index (χ2v) is 14.2. The van der Waals surface area contributed by atoms with E-state index in [0.29, 0.717) is 17.5 Å². The number of aromatic nitrogens is 4. The highest BCUT2D eigenvalue weighted by Crippen LogP contribution is 2.44. The maximum absolute atomic E-state index is 5.18. The van der Waals surface area contributed by atoms with Crippen molar-refractivity contribution < 1.29 is 0 Å². The highest BCUT2D eigenvalue weighted by molar-refractivity contribution is 6.33. The van der Waals surface area contributed by atoms with E-state index in [9.17, 15) is 0 Å². The maximum atomic E-state index is 5.18. The van der Waals surface area contributed by atoms with Gasteiger partial charge >= 0.3 is 0 Å². The molecule has 9 aromatic carbocycles. The fourth-order valence-electron chi connectivity index (χ4n) is 8.36. The molecule has 4 nitrogen and oxygen atoms in total. The van der Waals surface area contributed by atoms with Crippen LogP contribution in [-0.2, 0) is 0 Å². The Morgan fingerprint density at radius 3 is 1.32 bits per heavy atom. The van der Waals surface area contributed by atoms with Gasteiger partial charge in [0.2, 0.25) is 0 Å². The van der Waals surface area contributed by atoms with Gasteiger partial charge in [0.15, 0.2) is 17.5 Å². The summed E-state index contributed by atoms with van der Waals surface area (Å²) in [5.74, 6) is 1.86. The van der Waals surface area contributed by atoms with E-state index in [1.165, 1.54) is 43.1 Å². The van der Waals surface area contributed by atoms with E-state index in [1.54, 1.807) is 0 Å². The Bertz CT molecular complexity index is 3240. The molecule has 2 heterocycles. The van der Waals surface area contributed by atoms with Crippen LogP contribution in [0.5, 0.6) is 0 Å². The number of pyridine rings is 1. The number of hydrogen-bond donors (Lipinski definition) is 0. The third kappa shape index (κ3) is 5.31. The first-order chi connectivity index (χ1) is 27.8. The van der Waals surface area contributed by atoms with Crippen LogP contribution in [0.1, 0.15) is 0 Å².